The standard InChI is InChI=1S/C19H30N6O/c1-3-7-18(19-20-21-22-25(19)14-15-26-2)24-12-10-23(11-13-24)16-17-8-5-4-6-9-17/h4-6,8-9,18H,3,7,10-16H2,1-2H3/p+2/t18-/m0/s1. The highest BCUT2D eigenvalue weighted by Crippen LogP contribution is 2.12. The predicted octanol–water partition coefficient (Wildman–Crippen LogP) is -0.856. The summed E-state index contributed by atoms with van der Waals surface area (Å²) in [6, 6.07) is 11.2. The molecule has 0 radical (unpaired) electrons. The fourth-order valence-electron chi connectivity index (χ4n) is 3.94. The van der Waals surface area contributed by atoms with Crippen LogP contribution in [0.2, 0.25) is 0 Å². The lowest BCUT2D eigenvalue weighted by Gasteiger charge is -2.34. The van der Waals surface area contributed by atoms with Gasteiger partial charge in [0, 0.05) is 19.1 Å². The van der Waals surface area contributed by atoms with E-state index in [9.17, 15) is 0 Å². The summed E-state index contributed by atoms with van der Waals surface area (Å²) in [6.07, 6.45) is 2.27. The average molecular weight is 361 g/mol. The van der Waals surface area contributed by atoms with Crippen molar-refractivity contribution in [2.45, 2.75) is 38.9 Å². The first-order valence-electron chi connectivity index (χ1n) is 9.79. The Balaban J connectivity index is 1.61. The quantitative estimate of drug-likeness (QED) is 0.611. The molecule has 1 aliphatic heterocycles. The summed E-state index contributed by atoms with van der Waals surface area (Å²) in [5.74, 6) is 1.02. The Morgan fingerprint density at radius 2 is 1.92 bits per heavy atom. The first-order valence-corrected chi connectivity index (χ1v) is 9.79. The third kappa shape index (κ3) is 4.87. The Morgan fingerprint density at radius 3 is 2.62 bits per heavy atom. The van der Waals surface area contributed by atoms with Crippen LogP contribution in [0.4, 0.5) is 0 Å². The summed E-state index contributed by atoms with van der Waals surface area (Å²) in [6.45, 7) is 9.46. The van der Waals surface area contributed by atoms with E-state index >= 15 is 0 Å². The highest BCUT2D eigenvalue weighted by atomic mass is 16.5. The van der Waals surface area contributed by atoms with Gasteiger partial charge in [0.15, 0.2) is 0 Å². The van der Waals surface area contributed by atoms with Crippen molar-refractivity contribution >= 4 is 0 Å². The maximum absolute atomic E-state index is 5.20. The molecular weight excluding hydrogens is 328 g/mol. The minimum Gasteiger partial charge on any atom is -0.383 e. The Kier molecular flexibility index (Phi) is 7.11. The molecule has 0 unspecified atom stereocenters. The summed E-state index contributed by atoms with van der Waals surface area (Å²) >= 11 is 0. The zero-order valence-electron chi connectivity index (χ0n) is 16.0. The second-order valence-electron chi connectivity index (χ2n) is 7.16. The van der Waals surface area contributed by atoms with E-state index in [1.807, 2.05) is 4.68 Å². The number of hydrogen-bond donors (Lipinski definition) is 2. The Labute approximate surface area is 155 Å². The number of benzene rings is 1. The van der Waals surface area contributed by atoms with Crippen LogP contribution in [0.5, 0.6) is 0 Å². The van der Waals surface area contributed by atoms with E-state index in [2.05, 4.69) is 52.8 Å². The summed E-state index contributed by atoms with van der Waals surface area (Å²) in [5, 5.41) is 12.5. The number of nitrogens with zero attached hydrogens (tertiary/aromatic N) is 4. The van der Waals surface area contributed by atoms with Gasteiger partial charge in [-0.2, -0.15) is 0 Å². The zero-order valence-corrected chi connectivity index (χ0v) is 16.0. The van der Waals surface area contributed by atoms with Crippen LogP contribution < -0.4 is 9.80 Å². The van der Waals surface area contributed by atoms with Crippen LogP contribution >= 0.6 is 0 Å². The predicted molar refractivity (Wildman–Crippen MR) is 98.9 cm³/mol. The molecule has 0 saturated carbocycles. The number of hydrogen-bond acceptors (Lipinski definition) is 4. The van der Waals surface area contributed by atoms with Gasteiger partial charge in [-0.3, -0.25) is 0 Å². The lowest BCUT2D eigenvalue weighted by molar-refractivity contribution is -1.03. The lowest BCUT2D eigenvalue weighted by atomic mass is 10.1. The van der Waals surface area contributed by atoms with Gasteiger partial charge in [-0.15, -0.1) is 5.10 Å². The van der Waals surface area contributed by atoms with Crippen molar-refractivity contribution < 1.29 is 14.5 Å². The van der Waals surface area contributed by atoms with Crippen molar-refractivity contribution in [2.75, 3.05) is 39.9 Å². The highest BCUT2D eigenvalue weighted by molar-refractivity contribution is 5.13. The molecule has 0 bridgehead atoms. The number of ether oxygens (including phenoxy) is 1. The van der Waals surface area contributed by atoms with Gasteiger partial charge in [-0.1, -0.05) is 43.7 Å². The first kappa shape index (κ1) is 18.9. The molecule has 3 rings (SSSR count). The first-order chi connectivity index (χ1) is 12.8. The van der Waals surface area contributed by atoms with E-state index < -0.39 is 0 Å². The molecule has 1 aromatic carbocycles. The smallest absolute Gasteiger partial charge is 0.209 e. The summed E-state index contributed by atoms with van der Waals surface area (Å²) in [4.78, 5) is 3.30. The third-order valence-corrected chi connectivity index (χ3v) is 5.34. The van der Waals surface area contributed by atoms with Crippen molar-refractivity contribution in [2.24, 2.45) is 0 Å². The second kappa shape index (κ2) is 9.75. The normalized spacial score (nSPS) is 21.6. The molecular formula is C19H32N6O+2. The van der Waals surface area contributed by atoms with Crippen LogP contribution in [0.15, 0.2) is 30.3 Å². The van der Waals surface area contributed by atoms with Gasteiger partial charge in [-0.25, -0.2) is 4.68 Å². The number of tetrazole rings is 1. The highest BCUT2D eigenvalue weighted by Gasteiger charge is 2.33. The van der Waals surface area contributed by atoms with Crippen molar-refractivity contribution in [3.63, 3.8) is 0 Å². The van der Waals surface area contributed by atoms with Crippen LogP contribution in [0.3, 0.4) is 0 Å². The van der Waals surface area contributed by atoms with Gasteiger partial charge in [0.1, 0.15) is 38.8 Å². The van der Waals surface area contributed by atoms with E-state index in [1.165, 1.54) is 31.7 Å². The zero-order chi connectivity index (χ0) is 18.2. The molecule has 2 aromatic rings. The number of piperazine rings is 1. The number of nitrogens with one attached hydrogen (secondary N) is 2. The van der Waals surface area contributed by atoms with Crippen LogP contribution in [0.1, 0.15) is 37.2 Å². The molecule has 7 nitrogen and oxygen atoms in total. The molecule has 1 saturated heterocycles. The molecule has 26 heavy (non-hydrogen) atoms. The van der Waals surface area contributed by atoms with Gasteiger partial charge in [0.25, 0.3) is 0 Å². The maximum Gasteiger partial charge on any atom is 0.209 e. The number of methoxy groups -OCH3 is 1. The molecule has 2 heterocycles. The largest absolute Gasteiger partial charge is 0.383 e. The van der Waals surface area contributed by atoms with Crippen LogP contribution in [0.25, 0.3) is 0 Å². The van der Waals surface area contributed by atoms with Gasteiger partial charge in [0.05, 0.1) is 13.2 Å². The van der Waals surface area contributed by atoms with Crippen LogP contribution in [-0.2, 0) is 17.8 Å². The molecule has 1 aliphatic rings. The number of aromatic nitrogens is 4. The number of quaternary nitrogens is 2. The van der Waals surface area contributed by atoms with Crippen molar-refractivity contribution in [3.8, 4) is 0 Å². The molecule has 1 fully saturated rings. The summed E-state index contributed by atoms with van der Waals surface area (Å²) < 4.78 is 7.13. The van der Waals surface area contributed by atoms with Gasteiger partial charge in [-0.05, 0) is 10.4 Å². The van der Waals surface area contributed by atoms with Gasteiger partial charge < -0.3 is 14.5 Å². The molecule has 1 atom stereocenters. The third-order valence-electron chi connectivity index (χ3n) is 5.34. The Bertz CT molecular complexity index is 638. The van der Waals surface area contributed by atoms with Crippen LogP contribution in [-0.4, -0.2) is 60.1 Å². The van der Waals surface area contributed by atoms with E-state index in [1.54, 1.807) is 16.9 Å². The second-order valence-corrected chi connectivity index (χ2v) is 7.16. The molecule has 0 spiro atoms. The molecule has 7 heteroatoms. The van der Waals surface area contributed by atoms with Crippen molar-refractivity contribution in [1.29, 1.82) is 0 Å². The molecule has 1 aromatic heterocycles. The molecule has 142 valence electrons. The van der Waals surface area contributed by atoms with E-state index in [4.69, 9.17) is 4.74 Å². The SMILES string of the molecule is CCC[C@@H](c1nnnn1CCOC)[NH+]1CC[NH+](Cc2ccccc2)CC1. The molecule has 0 amide bonds. The van der Waals surface area contributed by atoms with Crippen LogP contribution in [0, 0.1) is 0 Å². The van der Waals surface area contributed by atoms with Gasteiger partial charge >= 0.3 is 0 Å². The minimum absolute atomic E-state index is 0.380. The molecule has 0 aliphatic carbocycles. The maximum atomic E-state index is 5.20. The fourth-order valence-corrected chi connectivity index (χ4v) is 3.94. The topological polar surface area (TPSA) is 61.7 Å². The lowest BCUT2D eigenvalue weighted by Crippen LogP contribution is -3.27. The summed E-state index contributed by atoms with van der Waals surface area (Å²) in [7, 11) is 1.72. The van der Waals surface area contributed by atoms with Gasteiger partial charge in [0.2, 0.25) is 5.82 Å². The fraction of sp³-hybridized carbons (Fsp3) is 0.632. The van der Waals surface area contributed by atoms with E-state index in [0.717, 1.165) is 31.8 Å². The summed E-state index contributed by atoms with van der Waals surface area (Å²) in [5.41, 5.74) is 1.43. The van der Waals surface area contributed by atoms with E-state index in [0.29, 0.717) is 12.6 Å². The van der Waals surface area contributed by atoms with Crippen molar-refractivity contribution in [1.82, 2.24) is 20.2 Å². The Morgan fingerprint density at radius 1 is 1.15 bits per heavy atom. The average Bonchev–Trinajstić information content (AvgIpc) is 3.14. The van der Waals surface area contributed by atoms with E-state index in [-0.39, 0.29) is 0 Å². The van der Waals surface area contributed by atoms with Crippen molar-refractivity contribution in [3.05, 3.63) is 41.7 Å². The Hall–Kier alpha value is -1.83. The number of rotatable bonds is 9. The minimum atomic E-state index is 0.380. The monoisotopic (exact) mass is 360 g/mol. The molecule has 2 N–H and O–H groups in total.